The minimum atomic E-state index is -0.736. The number of anilines is 1. The Bertz CT molecular complexity index is 663. The van der Waals surface area contributed by atoms with E-state index in [9.17, 15) is 8.78 Å². The highest BCUT2D eigenvalue weighted by atomic mass is 32.1. The predicted octanol–water partition coefficient (Wildman–Crippen LogP) is 4.60. The van der Waals surface area contributed by atoms with E-state index >= 15 is 0 Å². The van der Waals surface area contributed by atoms with Crippen LogP contribution in [0.4, 0.5) is 13.9 Å². The van der Waals surface area contributed by atoms with Gasteiger partial charge < -0.3 is 4.74 Å². The molecule has 0 aliphatic heterocycles. The second kappa shape index (κ2) is 8.01. The van der Waals surface area contributed by atoms with Gasteiger partial charge in [0.25, 0.3) is 0 Å². The second-order valence-electron chi connectivity index (χ2n) is 5.51. The number of halogens is 2. The summed E-state index contributed by atoms with van der Waals surface area (Å²) in [5.74, 6) is -1.40. The van der Waals surface area contributed by atoms with Crippen LogP contribution in [0.3, 0.4) is 0 Å². The van der Waals surface area contributed by atoms with Crippen molar-refractivity contribution in [1.29, 1.82) is 0 Å². The van der Waals surface area contributed by atoms with Gasteiger partial charge in [0.05, 0.1) is 18.5 Å². The number of ether oxygens (including phenoxy) is 1. The van der Waals surface area contributed by atoms with Crippen molar-refractivity contribution < 1.29 is 13.5 Å². The number of hydrogen-bond acceptors (Lipinski definition) is 5. The molecule has 1 aromatic carbocycles. The lowest BCUT2D eigenvalue weighted by Crippen LogP contribution is -2.05. The van der Waals surface area contributed by atoms with Gasteiger partial charge in [0.2, 0.25) is 5.13 Å². The molecule has 0 amide bonds. The Morgan fingerprint density at radius 3 is 2.61 bits per heavy atom. The number of hydrazone groups is 1. The number of hydrogen-bond donors (Lipinski definition) is 1. The Hall–Kier alpha value is -2.02. The Morgan fingerprint density at radius 1 is 1.35 bits per heavy atom. The van der Waals surface area contributed by atoms with Crippen LogP contribution >= 0.6 is 11.3 Å². The van der Waals surface area contributed by atoms with Crippen molar-refractivity contribution >= 4 is 22.7 Å². The van der Waals surface area contributed by atoms with Gasteiger partial charge in [0.15, 0.2) is 17.4 Å². The molecule has 124 valence electrons. The largest absolute Gasteiger partial charge is 0.488 e. The van der Waals surface area contributed by atoms with Gasteiger partial charge in [-0.3, -0.25) is 5.43 Å². The van der Waals surface area contributed by atoms with E-state index in [2.05, 4.69) is 15.5 Å². The van der Waals surface area contributed by atoms with Crippen molar-refractivity contribution in [1.82, 2.24) is 4.98 Å². The summed E-state index contributed by atoms with van der Waals surface area (Å²) in [6.07, 6.45) is 2.07. The maximum absolute atomic E-state index is 13.9. The fraction of sp³-hybridized carbons (Fsp3) is 0.375. The quantitative estimate of drug-likeness (QED) is 0.592. The average Bonchev–Trinajstić information content (AvgIpc) is 2.87. The Kier molecular flexibility index (Phi) is 6.04. The summed E-state index contributed by atoms with van der Waals surface area (Å²) in [6, 6.07) is 2.37. The predicted molar refractivity (Wildman–Crippen MR) is 89.4 cm³/mol. The molecule has 7 heteroatoms. The highest BCUT2D eigenvalue weighted by molar-refractivity contribution is 7.13. The third kappa shape index (κ3) is 5.28. The topological polar surface area (TPSA) is 46.5 Å². The molecule has 1 aromatic heterocycles. The van der Waals surface area contributed by atoms with Crippen LogP contribution in [-0.2, 0) is 0 Å². The lowest BCUT2D eigenvalue weighted by Gasteiger charge is -2.10. The number of nitrogens with zero attached hydrogens (tertiary/aromatic N) is 2. The molecule has 0 aliphatic carbocycles. The minimum absolute atomic E-state index is 0.282. The van der Waals surface area contributed by atoms with E-state index in [4.69, 9.17) is 4.74 Å². The fourth-order valence-corrected chi connectivity index (χ4v) is 2.39. The molecule has 0 spiro atoms. The van der Waals surface area contributed by atoms with Crippen LogP contribution in [0.15, 0.2) is 22.6 Å². The number of benzene rings is 1. The monoisotopic (exact) mass is 339 g/mol. The highest BCUT2D eigenvalue weighted by Crippen LogP contribution is 2.23. The molecule has 0 saturated heterocycles. The van der Waals surface area contributed by atoms with Crippen LogP contribution in [0.5, 0.6) is 5.75 Å². The Labute approximate surface area is 138 Å². The molecule has 2 aromatic rings. The average molecular weight is 339 g/mol. The number of aromatic nitrogens is 1. The summed E-state index contributed by atoms with van der Waals surface area (Å²) in [4.78, 5) is 4.16. The summed E-state index contributed by atoms with van der Waals surface area (Å²) in [6.45, 7) is 6.19. The van der Waals surface area contributed by atoms with Crippen LogP contribution in [0.1, 0.15) is 31.5 Å². The van der Waals surface area contributed by atoms with Crippen molar-refractivity contribution in [2.75, 3.05) is 12.0 Å². The Morgan fingerprint density at radius 2 is 2.04 bits per heavy atom. The number of aryl methyl sites for hydroxylation is 1. The lowest BCUT2D eigenvalue weighted by atomic mass is 10.1. The lowest BCUT2D eigenvalue weighted by molar-refractivity contribution is 0.263. The molecule has 0 radical (unpaired) electrons. The zero-order valence-corrected chi connectivity index (χ0v) is 14.1. The van der Waals surface area contributed by atoms with Crippen molar-refractivity contribution in [3.8, 4) is 5.75 Å². The Balaban J connectivity index is 2.00. The first kappa shape index (κ1) is 17.3. The van der Waals surface area contributed by atoms with Crippen molar-refractivity contribution in [2.24, 2.45) is 11.0 Å². The molecule has 4 nitrogen and oxygen atoms in total. The van der Waals surface area contributed by atoms with E-state index in [1.807, 2.05) is 26.2 Å². The van der Waals surface area contributed by atoms with Gasteiger partial charge in [-0.15, -0.1) is 11.3 Å². The first-order valence-electron chi connectivity index (χ1n) is 7.28. The molecule has 0 aliphatic rings. The molecule has 23 heavy (non-hydrogen) atoms. The molecular weight excluding hydrogens is 320 g/mol. The van der Waals surface area contributed by atoms with Gasteiger partial charge in [-0.1, -0.05) is 13.8 Å². The van der Waals surface area contributed by atoms with Gasteiger partial charge in [-0.05, 0) is 31.4 Å². The van der Waals surface area contributed by atoms with Crippen LogP contribution in [0, 0.1) is 24.5 Å². The van der Waals surface area contributed by atoms with Gasteiger partial charge >= 0.3 is 0 Å². The SMILES string of the molecule is Cc1csc(NN=Cc2cc(F)c(OCCC(C)C)c(F)c2)n1. The summed E-state index contributed by atoms with van der Waals surface area (Å²) >= 11 is 1.40. The molecule has 2 rings (SSSR count). The summed E-state index contributed by atoms with van der Waals surface area (Å²) in [5, 5.41) is 6.42. The molecule has 0 bridgehead atoms. The van der Waals surface area contributed by atoms with Crippen LogP contribution in [0.25, 0.3) is 0 Å². The third-order valence-corrected chi connectivity index (χ3v) is 3.82. The number of rotatable bonds is 7. The summed E-state index contributed by atoms with van der Waals surface area (Å²) < 4.78 is 33.1. The standard InChI is InChI=1S/C16H19F2N3OS/c1-10(2)4-5-22-15-13(17)6-12(7-14(15)18)8-19-21-16-20-11(3)9-23-16/h6-10H,4-5H2,1-3H3,(H,20,21). The molecular formula is C16H19F2N3OS. The molecule has 1 N–H and O–H groups in total. The highest BCUT2D eigenvalue weighted by Gasteiger charge is 2.12. The van der Waals surface area contributed by atoms with E-state index in [1.165, 1.54) is 29.7 Å². The van der Waals surface area contributed by atoms with Gasteiger partial charge in [0.1, 0.15) is 0 Å². The van der Waals surface area contributed by atoms with E-state index in [0.29, 0.717) is 16.6 Å². The summed E-state index contributed by atoms with van der Waals surface area (Å²) in [7, 11) is 0. The maximum Gasteiger partial charge on any atom is 0.203 e. The van der Waals surface area contributed by atoms with Gasteiger partial charge in [-0.25, -0.2) is 13.8 Å². The first-order chi connectivity index (χ1) is 11.0. The normalized spacial score (nSPS) is 11.4. The minimum Gasteiger partial charge on any atom is -0.488 e. The van der Waals surface area contributed by atoms with Crippen LogP contribution in [0.2, 0.25) is 0 Å². The van der Waals surface area contributed by atoms with E-state index in [0.717, 1.165) is 12.1 Å². The van der Waals surface area contributed by atoms with Crippen LogP contribution in [-0.4, -0.2) is 17.8 Å². The molecule has 0 saturated carbocycles. The molecule has 1 heterocycles. The smallest absolute Gasteiger partial charge is 0.203 e. The summed E-state index contributed by atoms with van der Waals surface area (Å²) in [5.41, 5.74) is 3.90. The molecule has 0 atom stereocenters. The molecule has 0 unspecified atom stereocenters. The first-order valence-corrected chi connectivity index (χ1v) is 8.16. The van der Waals surface area contributed by atoms with E-state index in [-0.39, 0.29) is 12.4 Å². The maximum atomic E-state index is 13.9. The zero-order valence-electron chi connectivity index (χ0n) is 13.3. The third-order valence-electron chi connectivity index (χ3n) is 2.96. The van der Waals surface area contributed by atoms with Gasteiger partial charge in [0, 0.05) is 10.9 Å². The van der Waals surface area contributed by atoms with Crippen molar-refractivity contribution in [3.05, 3.63) is 40.4 Å². The van der Waals surface area contributed by atoms with Crippen molar-refractivity contribution in [2.45, 2.75) is 27.2 Å². The van der Waals surface area contributed by atoms with Gasteiger partial charge in [-0.2, -0.15) is 5.10 Å². The van der Waals surface area contributed by atoms with Crippen LogP contribution < -0.4 is 10.2 Å². The second-order valence-corrected chi connectivity index (χ2v) is 6.37. The molecule has 0 fully saturated rings. The van der Waals surface area contributed by atoms with E-state index in [1.54, 1.807) is 0 Å². The fourth-order valence-electron chi connectivity index (χ4n) is 1.76. The van der Waals surface area contributed by atoms with E-state index < -0.39 is 11.6 Å². The number of nitrogens with one attached hydrogen (secondary N) is 1. The zero-order chi connectivity index (χ0) is 16.8. The van der Waals surface area contributed by atoms with Crippen molar-refractivity contribution in [3.63, 3.8) is 0 Å². The number of thiazole rings is 1.